The molecule has 0 N–H and O–H groups in total. The largest absolute Gasteiger partial charge is 0.376 e. The molecule has 3 nitrogen and oxygen atoms in total. The zero-order chi connectivity index (χ0) is 52.6. The second-order valence-corrected chi connectivity index (χ2v) is 22.6. The van der Waals surface area contributed by atoms with Gasteiger partial charge in [-0.1, -0.05) is 189 Å². The van der Waals surface area contributed by atoms with Crippen molar-refractivity contribution in [2.24, 2.45) is 0 Å². The smallest absolute Gasteiger partial charge is 0.333 e. The first-order valence-electron chi connectivity index (χ1n) is 29.2. The van der Waals surface area contributed by atoms with Gasteiger partial charge in [0.15, 0.2) is 0 Å². The Morgan fingerprint density at radius 1 is 0.416 bits per heavy atom. The minimum absolute atomic E-state index is 0.108. The molecule has 0 saturated heterocycles. The second kappa shape index (κ2) is 21.5. The summed E-state index contributed by atoms with van der Waals surface area (Å²) in [6.45, 7) is 14.0. The summed E-state index contributed by atoms with van der Waals surface area (Å²) < 4.78 is 0. The Bertz CT molecular complexity index is 3510. The highest BCUT2D eigenvalue weighted by molar-refractivity contribution is 6.93. The van der Waals surface area contributed by atoms with Gasteiger partial charge in [0.1, 0.15) is 0 Å². The van der Waals surface area contributed by atoms with Crippen molar-refractivity contribution in [1.29, 1.82) is 0 Å². The number of rotatable bonds is 18. The molecule has 0 radical (unpaired) electrons. The number of hydrogen-bond donors (Lipinski definition) is 0. The lowest BCUT2D eigenvalue weighted by Crippen LogP contribution is -2.62. The summed E-state index contributed by atoms with van der Waals surface area (Å²) in [4.78, 5) is 7.89. The number of unbranched alkanes of at least 4 members (excludes halogenated alkanes) is 4. The highest BCUT2D eigenvalue weighted by Gasteiger charge is 2.49. The maximum atomic E-state index is 2.70. The van der Waals surface area contributed by atoms with E-state index in [4.69, 9.17) is 0 Å². The Morgan fingerprint density at radius 3 is 1.60 bits per heavy atom. The van der Waals surface area contributed by atoms with E-state index < -0.39 is 0 Å². The quantitative estimate of drug-likeness (QED) is 0.0793. The van der Waals surface area contributed by atoms with Crippen molar-refractivity contribution in [1.82, 2.24) is 0 Å². The molecule has 0 aromatic heterocycles. The van der Waals surface area contributed by atoms with Gasteiger partial charge >= 0.3 is 6.85 Å². The molecule has 3 aliphatic rings. The lowest BCUT2D eigenvalue weighted by atomic mass is 9.43. The summed E-state index contributed by atoms with van der Waals surface area (Å²) in [5.41, 5.74) is 28.1. The summed E-state index contributed by atoms with van der Waals surface area (Å²) in [5, 5.41) is 0. The lowest BCUT2D eigenvalue weighted by Gasteiger charge is -2.47. The van der Waals surface area contributed by atoms with Gasteiger partial charge in [0.25, 0.3) is 0 Å². The SMILES string of the molecule is CCCCc1ccc(N2B3c4ccc5c(c4N(c4ccc(CCCC)cc4-c4ccccc4)c4cccc(c43)-c3cc(N(c4ccc(CCCC)cc4)c4ccc(CCCC)cc4)ccc32)C(C)(C)c2ccccc2-5)cc1. The number of hydrogen-bond acceptors (Lipinski definition) is 3. The van der Waals surface area contributed by atoms with Crippen molar-refractivity contribution in [3.63, 3.8) is 0 Å². The minimum Gasteiger partial charge on any atom is -0.376 e. The molecule has 0 spiro atoms. The van der Waals surface area contributed by atoms with E-state index >= 15 is 0 Å². The van der Waals surface area contributed by atoms with Gasteiger partial charge in [-0.25, -0.2) is 0 Å². The van der Waals surface area contributed by atoms with Crippen LogP contribution in [0.2, 0.25) is 0 Å². The van der Waals surface area contributed by atoms with Gasteiger partial charge < -0.3 is 14.6 Å². The predicted molar refractivity (Wildman–Crippen MR) is 332 cm³/mol. The zero-order valence-corrected chi connectivity index (χ0v) is 46.4. The molecule has 0 fully saturated rings. The van der Waals surface area contributed by atoms with Crippen LogP contribution in [0.5, 0.6) is 0 Å². The van der Waals surface area contributed by atoms with Crippen molar-refractivity contribution in [3.05, 3.63) is 228 Å². The van der Waals surface area contributed by atoms with Crippen LogP contribution in [0.1, 0.15) is 126 Å². The number of anilines is 8. The Morgan fingerprint density at radius 2 is 0.961 bits per heavy atom. The molecule has 2 aliphatic heterocycles. The molecule has 4 heteroatoms. The standard InChI is InChI=1S/C73H74BN3/c1-7-11-21-51-31-38-56(39-32-51)75(57-40-33-52(34-41-57)22-12-8-2)59-44-48-68-64(50-59)62-28-20-30-69-71(62)74(77(68)58-42-35-53(36-43-58)23-13-9-3)66-46-45-61-60-27-18-19-29-65(60)73(5,6)70(61)72(66)76(69)67-47-37-54(24-14-10-4)49-63(67)55-25-16-15-17-26-55/h15-20,25-50H,7-14,21-24H2,1-6H3. The van der Waals surface area contributed by atoms with Gasteiger partial charge in [0.05, 0.1) is 5.69 Å². The number of nitrogens with zero attached hydrogens (tertiary/aromatic N) is 3. The molecule has 0 saturated carbocycles. The van der Waals surface area contributed by atoms with E-state index in [9.17, 15) is 0 Å². The van der Waals surface area contributed by atoms with E-state index in [0.29, 0.717) is 0 Å². The predicted octanol–water partition coefficient (Wildman–Crippen LogP) is 19.2. The first kappa shape index (κ1) is 50.3. The fraction of sp³-hybridized carbons (Fsp3) is 0.260. The molecule has 1 aliphatic carbocycles. The summed E-state index contributed by atoms with van der Waals surface area (Å²) in [7, 11) is 0. The Kier molecular flexibility index (Phi) is 14.0. The van der Waals surface area contributed by atoms with Crippen LogP contribution in [0.15, 0.2) is 194 Å². The number of aryl methyl sites for hydroxylation is 4. The van der Waals surface area contributed by atoms with E-state index in [2.05, 4.69) is 250 Å². The average molecular weight is 1000 g/mol. The molecule has 0 unspecified atom stereocenters. The normalized spacial score (nSPS) is 13.5. The van der Waals surface area contributed by atoms with Crippen molar-refractivity contribution in [2.45, 2.75) is 124 Å². The molecule has 2 heterocycles. The van der Waals surface area contributed by atoms with E-state index in [1.807, 2.05) is 0 Å². The van der Waals surface area contributed by atoms with Crippen LogP contribution in [0.4, 0.5) is 45.5 Å². The van der Waals surface area contributed by atoms with Crippen molar-refractivity contribution < 1.29 is 0 Å². The molecule has 0 amide bonds. The summed E-state index contributed by atoms with van der Waals surface area (Å²) in [6.07, 6.45) is 13.8. The zero-order valence-electron chi connectivity index (χ0n) is 46.4. The molecule has 384 valence electrons. The Labute approximate surface area is 460 Å². The highest BCUT2D eigenvalue weighted by atomic mass is 15.2. The van der Waals surface area contributed by atoms with Gasteiger partial charge in [-0.2, -0.15) is 0 Å². The van der Waals surface area contributed by atoms with Crippen molar-refractivity contribution in [3.8, 4) is 33.4 Å². The lowest BCUT2D eigenvalue weighted by molar-refractivity contribution is 0.661. The van der Waals surface area contributed by atoms with Crippen LogP contribution in [0.3, 0.4) is 0 Å². The van der Waals surface area contributed by atoms with Crippen LogP contribution in [0, 0.1) is 0 Å². The number of benzene rings is 9. The summed E-state index contributed by atoms with van der Waals surface area (Å²) in [5.74, 6) is 0. The van der Waals surface area contributed by atoms with Crippen LogP contribution >= 0.6 is 0 Å². The van der Waals surface area contributed by atoms with E-state index in [1.165, 1.54) is 156 Å². The molecule has 0 atom stereocenters. The van der Waals surface area contributed by atoms with E-state index in [-0.39, 0.29) is 12.3 Å². The molecule has 0 bridgehead atoms. The molecule has 9 aromatic rings. The second-order valence-electron chi connectivity index (χ2n) is 22.6. The van der Waals surface area contributed by atoms with Gasteiger partial charge in [0, 0.05) is 56.4 Å². The van der Waals surface area contributed by atoms with Gasteiger partial charge in [-0.3, -0.25) is 0 Å². The highest BCUT2D eigenvalue weighted by Crippen LogP contribution is 2.57. The van der Waals surface area contributed by atoms with E-state index in [1.54, 1.807) is 0 Å². The van der Waals surface area contributed by atoms with Crippen molar-refractivity contribution in [2.75, 3.05) is 14.6 Å². The summed E-state index contributed by atoms with van der Waals surface area (Å²) in [6, 6.07) is 75.5. The number of fused-ring (bicyclic) bond motifs is 8. The Balaban J connectivity index is 1.13. The van der Waals surface area contributed by atoms with Gasteiger partial charge in [0.2, 0.25) is 0 Å². The van der Waals surface area contributed by atoms with Crippen molar-refractivity contribution >= 4 is 63.3 Å². The fourth-order valence-corrected chi connectivity index (χ4v) is 13.1. The van der Waals surface area contributed by atoms with E-state index in [0.717, 1.165) is 44.2 Å². The van der Waals surface area contributed by atoms with Crippen LogP contribution in [0.25, 0.3) is 33.4 Å². The Hall–Kier alpha value is -7.56. The maximum absolute atomic E-state index is 2.70. The van der Waals surface area contributed by atoms with Gasteiger partial charge in [-0.15, -0.1) is 0 Å². The third kappa shape index (κ3) is 9.08. The molecule has 77 heavy (non-hydrogen) atoms. The first-order valence-corrected chi connectivity index (χ1v) is 29.2. The van der Waals surface area contributed by atoms with Crippen LogP contribution in [-0.2, 0) is 31.1 Å². The maximum Gasteiger partial charge on any atom is 0.333 e. The molecular formula is C73H74BN3. The van der Waals surface area contributed by atoms with Crippen LogP contribution in [-0.4, -0.2) is 6.85 Å². The molecular weight excluding hydrogens is 930 g/mol. The summed E-state index contributed by atoms with van der Waals surface area (Å²) >= 11 is 0. The third-order valence-electron chi connectivity index (χ3n) is 17.2. The van der Waals surface area contributed by atoms with Gasteiger partial charge in [-0.05, 0) is 191 Å². The minimum atomic E-state index is -0.266. The van der Waals surface area contributed by atoms with Crippen LogP contribution < -0.4 is 25.5 Å². The first-order chi connectivity index (χ1) is 37.8. The molecule has 12 rings (SSSR count). The molecule has 9 aromatic carbocycles. The average Bonchev–Trinajstić information content (AvgIpc) is 3.71. The monoisotopic (exact) mass is 1000 g/mol. The topological polar surface area (TPSA) is 9.72 Å². The third-order valence-corrected chi connectivity index (χ3v) is 17.2. The fourth-order valence-electron chi connectivity index (χ4n) is 13.1.